The highest BCUT2D eigenvalue weighted by Gasteiger charge is 2.32. The van der Waals surface area contributed by atoms with Crippen molar-refractivity contribution in [1.29, 1.82) is 0 Å². The number of amides is 1. The second kappa shape index (κ2) is 6.60. The van der Waals surface area contributed by atoms with Crippen LogP contribution in [0.2, 0.25) is 0 Å². The highest BCUT2D eigenvalue weighted by molar-refractivity contribution is 5.89. The molecule has 7 heteroatoms. The average Bonchev–Trinajstić information content (AvgIpc) is 2.96. The van der Waals surface area contributed by atoms with E-state index in [1.165, 1.54) is 19.2 Å². The number of nitrogens with zero attached hydrogens (tertiary/aromatic N) is 2. The Morgan fingerprint density at radius 1 is 1.38 bits per heavy atom. The molecular weight excluding hydrogens is 313 g/mol. The Balaban J connectivity index is 1.73. The van der Waals surface area contributed by atoms with Crippen LogP contribution < -0.4 is 0 Å². The van der Waals surface area contributed by atoms with E-state index in [0.29, 0.717) is 25.2 Å². The smallest absolute Gasteiger partial charge is 0.324 e. The molecule has 2 aromatic rings. The zero-order valence-corrected chi connectivity index (χ0v) is 13.7. The van der Waals surface area contributed by atoms with Gasteiger partial charge in [-0.25, -0.2) is 4.39 Å². The third kappa shape index (κ3) is 3.12. The van der Waals surface area contributed by atoms with E-state index in [4.69, 9.17) is 4.74 Å². The normalized spacial score (nSPS) is 18.8. The van der Waals surface area contributed by atoms with Crippen molar-refractivity contribution < 1.29 is 18.7 Å². The number of benzene rings is 1. The predicted octanol–water partition coefficient (Wildman–Crippen LogP) is 1.17. The third-order valence-corrected chi connectivity index (χ3v) is 4.55. The molecule has 24 heavy (non-hydrogen) atoms. The van der Waals surface area contributed by atoms with Gasteiger partial charge in [0.2, 0.25) is 5.91 Å². The molecule has 0 bridgehead atoms. The van der Waals surface area contributed by atoms with E-state index in [0.717, 1.165) is 10.9 Å². The van der Waals surface area contributed by atoms with Gasteiger partial charge in [-0.1, -0.05) is 0 Å². The van der Waals surface area contributed by atoms with Gasteiger partial charge in [-0.05, 0) is 30.8 Å². The number of likely N-dealkylation sites (N-methyl/N-ethyl adjacent to an activating group) is 1. The van der Waals surface area contributed by atoms with Gasteiger partial charge in [0, 0.05) is 36.7 Å². The molecule has 0 aliphatic carbocycles. The quantitative estimate of drug-likeness (QED) is 0.856. The van der Waals surface area contributed by atoms with Crippen molar-refractivity contribution in [2.75, 3.05) is 33.8 Å². The summed E-state index contributed by atoms with van der Waals surface area (Å²) in [4.78, 5) is 31.0. The molecule has 1 amide bonds. The Kier molecular flexibility index (Phi) is 4.53. The minimum atomic E-state index is -0.440. The van der Waals surface area contributed by atoms with Gasteiger partial charge < -0.3 is 14.6 Å². The molecule has 0 spiro atoms. The number of rotatable bonds is 3. The van der Waals surface area contributed by atoms with E-state index < -0.39 is 6.04 Å². The number of ether oxygens (including phenoxy) is 1. The maximum atomic E-state index is 13.2. The molecule has 1 unspecified atom stereocenters. The van der Waals surface area contributed by atoms with Crippen molar-refractivity contribution >= 4 is 22.8 Å². The Morgan fingerprint density at radius 3 is 2.92 bits per heavy atom. The predicted molar refractivity (Wildman–Crippen MR) is 87.0 cm³/mol. The number of aromatic amines is 1. The van der Waals surface area contributed by atoms with Crippen molar-refractivity contribution in [2.24, 2.45) is 0 Å². The van der Waals surface area contributed by atoms with Gasteiger partial charge in [0.05, 0.1) is 13.5 Å². The Morgan fingerprint density at radius 2 is 2.17 bits per heavy atom. The SMILES string of the molecule is COC(=O)C1CN(C(=O)Cc2c[nH]c3cc(F)ccc23)CCN1C. The molecular formula is C17H20FN3O3. The van der Waals surface area contributed by atoms with Crippen LogP contribution in [0.4, 0.5) is 4.39 Å². The van der Waals surface area contributed by atoms with E-state index in [1.54, 1.807) is 17.2 Å². The first-order valence-corrected chi connectivity index (χ1v) is 7.81. The molecule has 0 radical (unpaired) electrons. The number of hydrogen-bond acceptors (Lipinski definition) is 4. The minimum absolute atomic E-state index is 0.0535. The van der Waals surface area contributed by atoms with Crippen molar-refractivity contribution in [3.05, 3.63) is 35.8 Å². The molecule has 1 fully saturated rings. The lowest BCUT2D eigenvalue weighted by Crippen LogP contribution is -2.56. The van der Waals surface area contributed by atoms with Gasteiger partial charge >= 0.3 is 5.97 Å². The van der Waals surface area contributed by atoms with Crippen molar-refractivity contribution in [3.63, 3.8) is 0 Å². The highest BCUT2D eigenvalue weighted by atomic mass is 19.1. The summed E-state index contributed by atoms with van der Waals surface area (Å²) in [5.74, 6) is -0.706. The molecule has 2 heterocycles. The molecule has 1 atom stereocenters. The van der Waals surface area contributed by atoms with E-state index in [1.807, 2.05) is 11.9 Å². The Bertz CT molecular complexity index is 774. The lowest BCUT2D eigenvalue weighted by atomic mass is 10.1. The van der Waals surface area contributed by atoms with Gasteiger partial charge in [0.15, 0.2) is 0 Å². The van der Waals surface area contributed by atoms with Gasteiger partial charge in [-0.2, -0.15) is 0 Å². The van der Waals surface area contributed by atoms with E-state index >= 15 is 0 Å². The summed E-state index contributed by atoms with van der Waals surface area (Å²) in [6.07, 6.45) is 1.94. The van der Waals surface area contributed by atoms with Crippen LogP contribution in [0, 0.1) is 5.82 Å². The number of aromatic nitrogens is 1. The first kappa shape index (κ1) is 16.4. The fourth-order valence-corrected chi connectivity index (χ4v) is 3.07. The van der Waals surface area contributed by atoms with Gasteiger partial charge in [0.1, 0.15) is 11.9 Å². The third-order valence-electron chi connectivity index (χ3n) is 4.55. The Labute approximate surface area is 139 Å². The van der Waals surface area contributed by atoms with Crippen molar-refractivity contribution in [2.45, 2.75) is 12.5 Å². The minimum Gasteiger partial charge on any atom is -0.468 e. The summed E-state index contributed by atoms with van der Waals surface area (Å²) >= 11 is 0. The standard InChI is InChI=1S/C17H20FN3O3/c1-20-5-6-21(10-15(20)17(23)24-2)16(22)7-11-9-19-14-8-12(18)3-4-13(11)14/h3-4,8-9,15,19H,5-7,10H2,1-2H3. The fraction of sp³-hybridized carbons (Fsp3) is 0.412. The van der Waals surface area contributed by atoms with Crippen molar-refractivity contribution in [1.82, 2.24) is 14.8 Å². The number of esters is 1. The summed E-state index contributed by atoms with van der Waals surface area (Å²) < 4.78 is 18.0. The number of piperazine rings is 1. The molecule has 1 aliphatic heterocycles. The number of nitrogens with one attached hydrogen (secondary N) is 1. The van der Waals surface area contributed by atoms with Crippen LogP contribution in [0.3, 0.4) is 0 Å². The molecule has 1 aliphatic rings. The number of H-pyrrole nitrogens is 1. The number of carbonyl (C=O) groups is 2. The monoisotopic (exact) mass is 333 g/mol. The zero-order chi connectivity index (χ0) is 17.3. The molecule has 128 valence electrons. The first-order chi connectivity index (χ1) is 11.5. The van der Waals surface area contributed by atoms with Crippen LogP contribution in [0.5, 0.6) is 0 Å². The fourth-order valence-electron chi connectivity index (χ4n) is 3.07. The second-order valence-electron chi connectivity index (χ2n) is 6.04. The summed E-state index contributed by atoms with van der Waals surface area (Å²) in [6, 6.07) is 4.02. The maximum Gasteiger partial charge on any atom is 0.324 e. The van der Waals surface area contributed by atoms with Gasteiger partial charge in [0.25, 0.3) is 0 Å². The molecule has 1 aromatic heterocycles. The lowest BCUT2D eigenvalue weighted by molar-refractivity contribution is -0.150. The molecule has 1 saturated heterocycles. The lowest BCUT2D eigenvalue weighted by Gasteiger charge is -2.37. The van der Waals surface area contributed by atoms with Crippen LogP contribution in [0.25, 0.3) is 10.9 Å². The van der Waals surface area contributed by atoms with Gasteiger partial charge in [-0.15, -0.1) is 0 Å². The summed E-state index contributed by atoms with van der Waals surface area (Å²) in [6.45, 7) is 1.50. The van der Waals surface area contributed by atoms with Crippen LogP contribution in [-0.4, -0.2) is 66.5 Å². The van der Waals surface area contributed by atoms with E-state index in [2.05, 4.69) is 4.98 Å². The molecule has 3 rings (SSSR count). The number of fused-ring (bicyclic) bond motifs is 1. The van der Waals surface area contributed by atoms with Crippen LogP contribution >= 0.6 is 0 Å². The van der Waals surface area contributed by atoms with Crippen LogP contribution in [-0.2, 0) is 20.7 Å². The largest absolute Gasteiger partial charge is 0.468 e. The van der Waals surface area contributed by atoms with Crippen LogP contribution in [0.15, 0.2) is 24.4 Å². The molecule has 6 nitrogen and oxygen atoms in total. The summed E-state index contributed by atoms with van der Waals surface area (Å²) in [5, 5.41) is 0.836. The van der Waals surface area contributed by atoms with Crippen LogP contribution in [0.1, 0.15) is 5.56 Å². The van der Waals surface area contributed by atoms with Gasteiger partial charge in [-0.3, -0.25) is 14.5 Å². The zero-order valence-electron chi connectivity index (χ0n) is 13.7. The second-order valence-corrected chi connectivity index (χ2v) is 6.04. The molecule has 0 saturated carbocycles. The average molecular weight is 333 g/mol. The van der Waals surface area contributed by atoms with E-state index in [9.17, 15) is 14.0 Å². The Hall–Kier alpha value is -2.41. The summed E-state index contributed by atoms with van der Waals surface area (Å²) in [5.41, 5.74) is 1.49. The van der Waals surface area contributed by atoms with E-state index in [-0.39, 0.29) is 24.1 Å². The highest BCUT2D eigenvalue weighted by Crippen LogP contribution is 2.21. The van der Waals surface area contributed by atoms with Crippen molar-refractivity contribution in [3.8, 4) is 0 Å². The maximum absolute atomic E-state index is 13.2. The topological polar surface area (TPSA) is 65.6 Å². The number of hydrogen-bond donors (Lipinski definition) is 1. The number of methoxy groups -OCH3 is 1. The first-order valence-electron chi connectivity index (χ1n) is 7.81. The number of halogens is 1. The summed E-state index contributed by atoms with van der Waals surface area (Å²) in [7, 11) is 3.19. The number of carbonyl (C=O) groups excluding carboxylic acids is 2. The molecule has 1 N–H and O–H groups in total. The molecule has 1 aromatic carbocycles.